The van der Waals surface area contributed by atoms with Crippen LogP contribution < -0.4 is 4.90 Å². The van der Waals surface area contributed by atoms with Gasteiger partial charge in [0.05, 0.1) is 5.69 Å². The lowest BCUT2D eigenvalue weighted by Crippen LogP contribution is -2.44. The minimum atomic E-state index is -0.205. The number of piperidine rings is 1. The Bertz CT molecular complexity index is 833. The summed E-state index contributed by atoms with van der Waals surface area (Å²) in [4.78, 5) is 23.5. The quantitative estimate of drug-likeness (QED) is 0.536. The fourth-order valence-corrected chi connectivity index (χ4v) is 6.06. The number of hydrogen-bond donors (Lipinski definition) is 0. The Hall–Kier alpha value is -1.85. The summed E-state index contributed by atoms with van der Waals surface area (Å²) in [5, 5.41) is -0.205. The number of nitrogens with zero attached hydrogens (tertiary/aromatic N) is 3. The number of hydrogen-bond acceptors (Lipinski definition) is 4. The lowest BCUT2D eigenvalue weighted by Gasteiger charge is -2.39. The van der Waals surface area contributed by atoms with Gasteiger partial charge in [-0.1, -0.05) is 31.0 Å². The Balaban J connectivity index is 1.37. The molecule has 2 aromatic rings. The predicted molar refractivity (Wildman–Crippen MR) is 125 cm³/mol. The zero-order valence-corrected chi connectivity index (χ0v) is 19.0. The number of para-hydroxylation sites is 1. The number of thioether (sulfide) groups is 1. The number of anilines is 1. The van der Waals surface area contributed by atoms with Gasteiger partial charge in [-0.05, 0) is 69.8 Å². The van der Waals surface area contributed by atoms with Gasteiger partial charge in [0.15, 0.2) is 0 Å². The smallest absolute Gasteiger partial charge is 0.245 e. The molecule has 0 spiro atoms. The first-order valence-electron chi connectivity index (χ1n) is 11.4. The molecule has 30 heavy (non-hydrogen) atoms. The molecule has 1 aromatic heterocycles. The highest BCUT2D eigenvalue weighted by atomic mass is 32.2. The van der Waals surface area contributed by atoms with Crippen LogP contribution in [0.15, 0.2) is 53.7 Å². The monoisotopic (exact) mass is 423 g/mol. The standard InChI is InChI=1S/C25H33N3OS/c1-19-10-8-11-20(2)27(19)16-6-3-7-17-28-22-13-4-5-14-23(22)30-24(25(28)29)21-12-9-15-26-18-21/h4-5,9,12-15,18-20,24H,3,6-8,10-11,16-17H2,1-2H3/t19-,20+,24?. The maximum Gasteiger partial charge on any atom is 0.245 e. The van der Waals surface area contributed by atoms with Crippen LogP contribution in [-0.2, 0) is 4.79 Å². The number of likely N-dealkylation sites (tertiary alicyclic amines) is 1. The molecule has 2 aliphatic rings. The SMILES string of the molecule is C[C@@H]1CCC[C@H](C)N1CCCCCN1C(=O)C(c2cccnc2)Sc2ccccc21. The van der Waals surface area contributed by atoms with Crippen molar-refractivity contribution < 1.29 is 4.79 Å². The molecule has 1 unspecified atom stereocenters. The summed E-state index contributed by atoms with van der Waals surface area (Å²) in [5.41, 5.74) is 2.05. The van der Waals surface area contributed by atoms with Gasteiger partial charge in [0, 0.05) is 35.9 Å². The molecule has 3 atom stereocenters. The highest BCUT2D eigenvalue weighted by Gasteiger charge is 2.34. The van der Waals surface area contributed by atoms with E-state index in [1.165, 1.54) is 37.1 Å². The van der Waals surface area contributed by atoms with E-state index in [-0.39, 0.29) is 11.2 Å². The average molecular weight is 424 g/mol. The fraction of sp³-hybridized carbons (Fsp3) is 0.520. The topological polar surface area (TPSA) is 36.4 Å². The van der Waals surface area contributed by atoms with Gasteiger partial charge >= 0.3 is 0 Å². The largest absolute Gasteiger partial charge is 0.310 e. The summed E-state index contributed by atoms with van der Waals surface area (Å²) in [5.74, 6) is 0.185. The van der Waals surface area contributed by atoms with Crippen LogP contribution in [0, 0.1) is 0 Å². The number of rotatable bonds is 7. The molecule has 1 saturated heterocycles. The number of amides is 1. The van der Waals surface area contributed by atoms with E-state index in [4.69, 9.17) is 0 Å². The molecular formula is C25H33N3OS. The average Bonchev–Trinajstić information content (AvgIpc) is 2.77. The first-order valence-corrected chi connectivity index (χ1v) is 12.3. The van der Waals surface area contributed by atoms with Gasteiger partial charge in [-0.2, -0.15) is 0 Å². The lowest BCUT2D eigenvalue weighted by atomic mass is 9.97. The first kappa shape index (κ1) is 21.4. The van der Waals surface area contributed by atoms with Crippen molar-refractivity contribution >= 4 is 23.4 Å². The summed E-state index contributed by atoms with van der Waals surface area (Å²) in [6.45, 7) is 6.71. The second kappa shape index (κ2) is 9.97. The first-order chi connectivity index (χ1) is 14.6. The van der Waals surface area contributed by atoms with Crippen LogP contribution in [0.3, 0.4) is 0 Å². The van der Waals surface area contributed by atoms with Crippen molar-refractivity contribution in [2.24, 2.45) is 0 Å². The van der Waals surface area contributed by atoms with Crippen molar-refractivity contribution in [3.05, 3.63) is 54.4 Å². The third kappa shape index (κ3) is 4.73. The summed E-state index contributed by atoms with van der Waals surface area (Å²) in [7, 11) is 0. The van der Waals surface area contributed by atoms with E-state index in [1.54, 1.807) is 18.0 Å². The van der Waals surface area contributed by atoms with E-state index in [0.717, 1.165) is 30.6 Å². The van der Waals surface area contributed by atoms with Gasteiger partial charge in [0.2, 0.25) is 5.91 Å². The second-order valence-electron chi connectivity index (χ2n) is 8.67. The Morgan fingerprint density at radius 3 is 2.53 bits per heavy atom. The maximum absolute atomic E-state index is 13.4. The van der Waals surface area contributed by atoms with E-state index in [1.807, 2.05) is 29.3 Å². The van der Waals surface area contributed by atoms with E-state index in [0.29, 0.717) is 12.1 Å². The normalized spacial score (nSPS) is 24.7. The van der Waals surface area contributed by atoms with Crippen molar-refractivity contribution in [3.8, 4) is 0 Å². The zero-order chi connectivity index (χ0) is 20.9. The molecule has 0 saturated carbocycles. The van der Waals surface area contributed by atoms with Crippen LogP contribution >= 0.6 is 11.8 Å². The predicted octanol–water partition coefficient (Wildman–Crippen LogP) is 5.69. The van der Waals surface area contributed by atoms with E-state index < -0.39 is 0 Å². The lowest BCUT2D eigenvalue weighted by molar-refractivity contribution is -0.118. The second-order valence-corrected chi connectivity index (χ2v) is 9.82. The summed E-state index contributed by atoms with van der Waals surface area (Å²) >= 11 is 1.65. The number of carbonyl (C=O) groups is 1. The van der Waals surface area contributed by atoms with Crippen LogP contribution in [-0.4, -0.2) is 41.0 Å². The molecule has 4 nitrogen and oxygen atoms in total. The molecular weight excluding hydrogens is 390 g/mol. The summed E-state index contributed by atoms with van der Waals surface area (Å²) < 4.78 is 0. The molecule has 5 heteroatoms. The number of unbranched alkanes of at least 4 members (excludes halogenated alkanes) is 2. The van der Waals surface area contributed by atoms with Gasteiger partial charge in [-0.3, -0.25) is 14.7 Å². The highest BCUT2D eigenvalue weighted by Crippen LogP contribution is 2.46. The van der Waals surface area contributed by atoms with Gasteiger partial charge in [-0.15, -0.1) is 11.8 Å². The molecule has 4 rings (SSSR count). The molecule has 0 aliphatic carbocycles. The van der Waals surface area contributed by atoms with Crippen LogP contribution in [0.4, 0.5) is 5.69 Å². The van der Waals surface area contributed by atoms with Crippen molar-refractivity contribution in [1.82, 2.24) is 9.88 Å². The van der Waals surface area contributed by atoms with Crippen LogP contribution in [0.1, 0.15) is 63.2 Å². The number of aromatic nitrogens is 1. The van der Waals surface area contributed by atoms with E-state index >= 15 is 0 Å². The Labute approximate surface area is 185 Å². The zero-order valence-electron chi connectivity index (χ0n) is 18.2. The number of fused-ring (bicyclic) bond motifs is 1. The van der Waals surface area contributed by atoms with E-state index in [9.17, 15) is 4.79 Å². The number of carbonyl (C=O) groups excluding carboxylic acids is 1. The molecule has 1 fully saturated rings. The van der Waals surface area contributed by atoms with Gasteiger partial charge < -0.3 is 4.90 Å². The maximum atomic E-state index is 13.4. The van der Waals surface area contributed by atoms with Crippen molar-refractivity contribution in [1.29, 1.82) is 0 Å². The van der Waals surface area contributed by atoms with Crippen LogP contribution in [0.25, 0.3) is 0 Å². The third-order valence-corrected chi connectivity index (χ3v) is 7.86. The number of benzene rings is 1. The van der Waals surface area contributed by atoms with Gasteiger partial charge in [-0.25, -0.2) is 0 Å². The Kier molecular flexibility index (Phi) is 7.11. The fourth-order valence-electron chi connectivity index (χ4n) is 4.85. The van der Waals surface area contributed by atoms with Gasteiger partial charge in [0.1, 0.15) is 5.25 Å². The number of pyridine rings is 1. The summed E-state index contributed by atoms with van der Waals surface area (Å²) in [6.07, 6.45) is 11.0. The van der Waals surface area contributed by atoms with Crippen molar-refractivity contribution in [2.45, 2.75) is 74.6 Å². The molecule has 160 valence electrons. The molecule has 1 amide bonds. The molecule has 3 heterocycles. The van der Waals surface area contributed by atoms with Crippen LogP contribution in [0.2, 0.25) is 0 Å². The minimum Gasteiger partial charge on any atom is -0.310 e. The van der Waals surface area contributed by atoms with E-state index in [2.05, 4.69) is 41.9 Å². The molecule has 2 aliphatic heterocycles. The third-order valence-electron chi connectivity index (χ3n) is 6.55. The van der Waals surface area contributed by atoms with Crippen molar-refractivity contribution in [3.63, 3.8) is 0 Å². The molecule has 0 radical (unpaired) electrons. The Morgan fingerprint density at radius 1 is 1.00 bits per heavy atom. The molecule has 0 N–H and O–H groups in total. The van der Waals surface area contributed by atoms with Crippen LogP contribution in [0.5, 0.6) is 0 Å². The highest BCUT2D eigenvalue weighted by molar-refractivity contribution is 8.00. The van der Waals surface area contributed by atoms with Gasteiger partial charge in [0.25, 0.3) is 0 Å². The summed E-state index contributed by atoms with van der Waals surface area (Å²) in [6, 6.07) is 13.6. The van der Waals surface area contributed by atoms with Crippen molar-refractivity contribution in [2.75, 3.05) is 18.0 Å². The Morgan fingerprint density at radius 2 is 1.77 bits per heavy atom. The minimum absolute atomic E-state index is 0.185. The molecule has 1 aromatic carbocycles. The molecule has 0 bridgehead atoms.